The number of aldehydes is 1. The quantitative estimate of drug-likeness (QED) is 0.0975. The number of carbonyl (C=O) groups excluding carboxylic acids is 1. The molecule has 0 amide bonds. The van der Waals surface area contributed by atoms with Gasteiger partial charge in [-0.2, -0.15) is 0 Å². The Morgan fingerprint density at radius 3 is 1.65 bits per heavy atom. The number of allylic oxidation sites excluding steroid dienone is 12. The van der Waals surface area contributed by atoms with Crippen LogP contribution in [0.3, 0.4) is 0 Å². The molecule has 0 atom stereocenters. The smallest absolute Gasteiger partial charge is 0.184 e. The fourth-order valence-corrected chi connectivity index (χ4v) is 2.16. The van der Waals surface area contributed by atoms with Crippen LogP contribution in [0.4, 0.5) is 0 Å². The highest BCUT2D eigenvalue weighted by Gasteiger charge is 1.92. The first-order valence-corrected chi connectivity index (χ1v) is 9.88. The molecule has 26 heavy (non-hydrogen) atoms. The highest BCUT2D eigenvalue weighted by atomic mass is 16.5. The van der Waals surface area contributed by atoms with E-state index in [1.54, 1.807) is 0 Å². The van der Waals surface area contributed by atoms with E-state index in [4.69, 9.17) is 4.74 Å². The van der Waals surface area contributed by atoms with Crippen molar-refractivity contribution in [3.8, 4) is 0 Å². The maximum Gasteiger partial charge on any atom is 0.184 e. The van der Waals surface area contributed by atoms with Crippen LogP contribution >= 0.6 is 0 Å². The predicted octanol–water partition coefficient (Wildman–Crippen LogP) is 7.03. The lowest BCUT2D eigenvalue weighted by Crippen LogP contribution is -1.92. The molecule has 0 N–H and O–H groups in total. The van der Waals surface area contributed by atoms with Gasteiger partial charge in [0.05, 0.1) is 6.61 Å². The first kappa shape index (κ1) is 23.9. The van der Waals surface area contributed by atoms with E-state index >= 15 is 0 Å². The van der Waals surface area contributed by atoms with Gasteiger partial charge in [0.1, 0.15) is 0 Å². The molecule has 0 heterocycles. The van der Waals surface area contributed by atoms with Crippen molar-refractivity contribution in [2.75, 3.05) is 6.61 Å². The Kier molecular flexibility index (Phi) is 19.3. The monoisotopic (exact) mass is 356 g/mol. The average molecular weight is 357 g/mol. The summed E-state index contributed by atoms with van der Waals surface area (Å²) in [6.07, 6.45) is 32.8. The number of rotatable bonds is 16. The molecule has 0 unspecified atom stereocenters. The molecule has 0 spiro atoms. The Bertz CT molecular complexity index is 490. The van der Waals surface area contributed by atoms with E-state index in [9.17, 15) is 4.79 Å². The van der Waals surface area contributed by atoms with Gasteiger partial charge in [-0.15, -0.1) is 0 Å². The Morgan fingerprint density at radius 1 is 0.692 bits per heavy atom. The summed E-state index contributed by atoms with van der Waals surface area (Å²) in [6, 6.07) is 0. The minimum Gasteiger partial charge on any atom is -0.491 e. The molecule has 2 heteroatoms. The number of hydrogen-bond donors (Lipinski definition) is 0. The summed E-state index contributed by atoms with van der Waals surface area (Å²) >= 11 is 0. The normalized spacial score (nSPS) is 13.2. The molecule has 0 saturated carbocycles. The molecule has 0 aromatic heterocycles. The van der Waals surface area contributed by atoms with Crippen molar-refractivity contribution in [1.82, 2.24) is 0 Å². The Morgan fingerprint density at radius 2 is 1.19 bits per heavy atom. The number of carbonyl (C=O) groups is 1. The van der Waals surface area contributed by atoms with Crippen molar-refractivity contribution in [3.05, 3.63) is 72.6 Å². The Hall–Kier alpha value is -2.09. The molecular weight excluding hydrogens is 320 g/mol. The van der Waals surface area contributed by atoms with Crippen LogP contribution in [0.25, 0.3) is 0 Å². The lowest BCUT2D eigenvalue weighted by atomic mass is 10.2. The minimum atomic E-state index is 0.455. The van der Waals surface area contributed by atoms with E-state index in [1.165, 1.54) is 0 Å². The molecule has 144 valence electrons. The standard InChI is InChI=1S/C24H36O2/c1-3-5-6-7-8-9-10-11-12-13-14-15-16-17-18-19-20-21-22-24(23-25)26-4-2/h5-6,8-9,11-12,14-15,17-18,22-23H,3-4,7,10,13,16,19-21H2,1-2H3/b6-5-,9-8-,12-11-,15-14-,18-17-,24-22+. The highest BCUT2D eigenvalue weighted by Crippen LogP contribution is 2.03. The first-order valence-electron chi connectivity index (χ1n) is 9.88. The molecule has 0 saturated heterocycles. The zero-order chi connectivity index (χ0) is 19.1. The number of hydrogen-bond acceptors (Lipinski definition) is 2. The van der Waals surface area contributed by atoms with Gasteiger partial charge in [-0.3, -0.25) is 4.79 Å². The Balaban J connectivity index is 3.60. The summed E-state index contributed by atoms with van der Waals surface area (Å²) < 4.78 is 5.18. The largest absolute Gasteiger partial charge is 0.491 e. The van der Waals surface area contributed by atoms with E-state index in [2.05, 4.69) is 67.7 Å². The number of ether oxygens (including phenoxy) is 1. The summed E-state index contributed by atoms with van der Waals surface area (Å²) in [5.41, 5.74) is 0. The fraction of sp³-hybridized carbons (Fsp3) is 0.458. The van der Waals surface area contributed by atoms with E-state index in [0.29, 0.717) is 12.4 Å². The zero-order valence-electron chi connectivity index (χ0n) is 16.6. The van der Waals surface area contributed by atoms with E-state index in [-0.39, 0.29) is 0 Å². The van der Waals surface area contributed by atoms with Crippen LogP contribution in [0, 0.1) is 0 Å². The second-order valence-electron chi connectivity index (χ2n) is 5.80. The summed E-state index contributed by atoms with van der Waals surface area (Å²) in [4.78, 5) is 10.7. The molecular formula is C24H36O2. The van der Waals surface area contributed by atoms with E-state index < -0.39 is 0 Å². The summed E-state index contributed by atoms with van der Waals surface area (Å²) in [5, 5.41) is 0. The molecule has 0 aromatic carbocycles. The highest BCUT2D eigenvalue weighted by molar-refractivity contribution is 5.69. The van der Waals surface area contributed by atoms with Crippen molar-refractivity contribution in [2.45, 2.75) is 65.2 Å². The van der Waals surface area contributed by atoms with Gasteiger partial charge in [-0.25, -0.2) is 0 Å². The van der Waals surface area contributed by atoms with Gasteiger partial charge in [0, 0.05) is 0 Å². The van der Waals surface area contributed by atoms with Crippen LogP contribution in [0.1, 0.15) is 65.2 Å². The zero-order valence-corrected chi connectivity index (χ0v) is 16.6. The second-order valence-corrected chi connectivity index (χ2v) is 5.80. The fourth-order valence-electron chi connectivity index (χ4n) is 2.16. The molecule has 0 radical (unpaired) electrons. The second kappa shape index (κ2) is 21.0. The van der Waals surface area contributed by atoms with Gasteiger partial charge in [0.2, 0.25) is 0 Å². The molecule has 0 bridgehead atoms. The average Bonchev–Trinajstić information content (AvgIpc) is 2.66. The Labute approximate surface area is 160 Å². The first-order chi connectivity index (χ1) is 12.8. The minimum absolute atomic E-state index is 0.455. The van der Waals surface area contributed by atoms with Gasteiger partial charge in [-0.1, -0.05) is 67.7 Å². The van der Waals surface area contributed by atoms with E-state index in [1.807, 2.05) is 13.0 Å². The predicted molar refractivity (Wildman–Crippen MR) is 114 cm³/mol. The van der Waals surface area contributed by atoms with E-state index in [0.717, 1.165) is 57.7 Å². The van der Waals surface area contributed by atoms with Crippen molar-refractivity contribution in [2.24, 2.45) is 0 Å². The van der Waals surface area contributed by atoms with Crippen LogP contribution in [0.15, 0.2) is 72.6 Å². The SMILES string of the molecule is CC/C=C\C/C=C\C/C=C\C/C=C\C/C=C\CCC/C=C(\C=O)OCC. The van der Waals surface area contributed by atoms with Crippen molar-refractivity contribution in [1.29, 1.82) is 0 Å². The third-order valence-corrected chi connectivity index (χ3v) is 3.51. The van der Waals surface area contributed by atoms with Crippen LogP contribution in [-0.2, 0) is 9.53 Å². The molecule has 0 fully saturated rings. The van der Waals surface area contributed by atoms with Gasteiger partial charge >= 0.3 is 0 Å². The maximum absolute atomic E-state index is 10.7. The van der Waals surface area contributed by atoms with Gasteiger partial charge in [0.15, 0.2) is 12.0 Å². The summed E-state index contributed by atoms with van der Waals surface area (Å²) in [6.45, 7) is 4.58. The molecule has 0 rings (SSSR count). The van der Waals surface area contributed by atoms with Crippen LogP contribution in [0.2, 0.25) is 0 Å². The third kappa shape index (κ3) is 18.3. The van der Waals surface area contributed by atoms with Crippen molar-refractivity contribution in [3.63, 3.8) is 0 Å². The molecule has 0 aliphatic rings. The van der Waals surface area contributed by atoms with Crippen LogP contribution in [0.5, 0.6) is 0 Å². The lowest BCUT2D eigenvalue weighted by Gasteiger charge is -2.00. The molecule has 2 nitrogen and oxygen atoms in total. The van der Waals surface area contributed by atoms with Crippen LogP contribution in [-0.4, -0.2) is 12.9 Å². The summed E-state index contributed by atoms with van der Waals surface area (Å²) in [7, 11) is 0. The third-order valence-electron chi connectivity index (χ3n) is 3.51. The molecule has 0 aliphatic heterocycles. The maximum atomic E-state index is 10.7. The molecule has 0 aliphatic carbocycles. The van der Waals surface area contributed by atoms with Gasteiger partial charge in [-0.05, 0) is 64.4 Å². The molecule has 0 aromatic rings. The number of unbranched alkanes of at least 4 members (excludes halogenated alkanes) is 2. The topological polar surface area (TPSA) is 26.3 Å². The van der Waals surface area contributed by atoms with Crippen molar-refractivity contribution < 1.29 is 9.53 Å². The lowest BCUT2D eigenvalue weighted by molar-refractivity contribution is -0.107. The van der Waals surface area contributed by atoms with Crippen LogP contribution < -0.4 is 0 Å². The van der Waals surface area contributed by atoms with Gasteiger partial charge < -0.3 is 4.74 Å². The van der Waals surface area contributed by atoms with Crippen molar-refractivity contribution >= 4 is 6.29 Å². The van der Waals surface area contributed by atoms with Gasteiger partial charge in [0.25, 0.3) is 0 Å². The summed E-state index contributed by atoms with van der Waals surface area (Å²) in [5.74, 6) is 0.455.